The molecule has 1 aliphatic rings. The highest BCUT2D eigenvalue weighted by Gasteiger charge is 2.36. The lowest BCUT2D eigenvalue weighted by Crippen LogP contribution is -2.30. The Bertz CT molecular complexity index is 810. The van der Waals surface area contributed by atoms with Crippen molar-refractivity contribution in [2.45, 2.75) is 23.8 Å². The van der Waals surface area contributed by atoms with Crippen LogP contribution < -0.4 is 0 Å². The lowest BCUT2D eigenvalue weighted by molar-refractivity contribution is 0.396. The van der Waals surface area contributed by atoms with Crippen molar-refractivity contribution in [3.8, 4) is 6.07 Å². The van der Waals surface area contributed by atoms with Gasteiger partial charge >= 0.3 is 0 Å². The lowest BCUT2D eigenvalue weighted by atomic mass is 10.1. The van der Waals surface area contributed by atoms with Gasteiger partial charge < -0.3 is 0 Å². The van der Waals surface area contributed by atoms with Gasteiger partial charge in [0.15, 0.2) is 0 Å². The normalized spacial score (nSPS) is 19.0. The zero-order valence-corrected chi connectivity index (χ0v) is 12.8. The summed E-state index contributed by atoms with van der Waals surface area (Å²) < 4.78 is 27.4. The highest BCUT2D eigenvalue weighted by atomic mass is 32.2. The molecule has 1 fully saturated rings. The van der Waals surface area contributed by atoms with Crippen LogP contribution in [0.3, 0.4) is 0 Å². The molecule has 22 heavy (non-hydrogen) atoms. The summed E-state index contributed by atoms with van der Waals surface area (Å²) in [7, 11) is -3.59. The number of hydrogen-bond acceptors (Lipinski definition) is 3. The second kappa shape index (κ2) is 5.91. The van der Waals surface area contributed by atoms with E-state index in [4.69, 9.17) is 5.26 Å². The molecule has 4 nitrogen and oxygen atoms in total. The standard InChI is InChI=1S/C17H16N2O2S/c18-13-14-6-4-9-16(12-14)22(20,21)19-11-5-10-17(19)15-7-2-1-3-8-15/h1-4,6-9,12,17H,5,10-11H2. The van der Waals surface area contributed by atoms with Crippen molar-refractivity contribution < 1.29 is 8.42 Å². The molecule has 1 heterocycles. The largest absolute Gasteiger partial charge is 0.243 e. The number of sulfonamides is 1. The molecule has 0 saturated carbocycles. The maximum Gasteiger partial charge on any atom is 0.243 e. The molecule has 0 amide bonds. The van der Waals surface area contributed by atoms with Gasteiger partial charge in [0.05, 0.1) is 22.6 Å². The lowest BCUT2D eigenvalue weighted by Gasteiger charge is -2.24. The molecule has 0 spiro atoms. The molecule has 5 heteroatoms. The molecule has 2 aromatic rings. The van der Waals surface area contributed by atoms with Gasteiger partial charge in [0, 0.05) is 6.54 Å². The fourth-order valence-electron chi connectivity index (χ4n) is 2.90. The number of rotatable bonds is 3. The first-order chi connectivity index (χ1) is 10.6. The molecule has 0 N–H and O–H groups in total. The zero-order chi connectivity index (χ0) is 15.6. The summed E-state index contributed by atoms with van der Waals surface area (Å²) in [6.45, 7) is 0.513. The Kier molecular flexibility index (Phi) is 3.97. The van der Waals surface area contributed by atoms with E-state index in [2.05, 4.69) is 0 Å². The van der Waals surface area contributed by atoms with Crippen LogP contribution in [-0.2, 0) is 10.0 Å². The summed E-state index contributed by atoms with van der Waals surface area (Å²) in [6, 6.07) is 17.8. The molecule has 0 aromatic heterocycles. The molecular formula is C17H16N2O2S. The average Bonchev–Trinajstić information content (AvgIpc) is 3.06. The van der Waals surface area contributed by atoms with Crippen molar-refractivity contribution in [1.29, 1.82) is 5.26 Å². The first-order valence-electron chi connectivity index (χ1n) is 7.20. The van der Waals surface area contributed by atoms with Crippen LogP contribution in [0.2, 0.25) is 0 Å². The van der Waals surface area contributed by atoms with Crippen LogP contribution in [-0.4, -0.2) is 19.3 Å². The van der Waals surface area contributed by atoms with E-state index in [0.29, 0.717) is 12.1 Å². The second-order valence-corrected chi connectivity index (χ2v) is 7.21. The van der Waals surface area contributed by atoms with Crippen LogP contribution in [0.5, 0.6) is 0 Å². The third-order valence-electron chi connectivity index (χ3n) is 3.96. The van der Waals surface area contributed by atoms with E-state index in [1.807, 2.05) is 36.4 Å². The van der Waals surface area contributed by atoms with E-state index in [-0.39, 0.29) is 10.9 Å². The van der Waals surface area contributed by atoms with Gasteiger partial charge in [-0.1, -0.05) is 36.4 Å². The van der Waals surface area contributed by atoms with E-state index >= 15 is 0 Å². The Balaban J connectivity index is 1.99. The number of benzene rings is 2. The Hall–Kier alpha value is -2.16. The highest BCUT2D eigenvalue weighted by molar-refractivity contribution is 7.89. The molecular weight excluding hydrogens is 296 g/mol. The minimum absolute atomic E-state index is 0.128. The van der Waals surface area contributed by atoms with Crippen LogP contribution in [0, 0.1) is 11.3 Å². The van der Waals surface area contributed by atoms with Crippen molar-refractivity contribution in [1.82, 2.24) is 4.31 Å². The van der Waals surface area contributed by atoms with Gasteiger partial charge in [-0.2, -0.15) is 9.57 Å². The van der Waals surface area contributed by atoms with Crippen LogP contribution in [0.15, 0.2) is 59.5 Å². The molecule has 2 aromatic carbocycles. The number of nitriles is 1. The first-order valence-corrected chi connectivity index (χ1v) is 8.64. The van der Waals surface area contributed by atoms with E-state index in [0.717, 1.165) is 18.4 Å². The monoisotopic (exact) mass is 312 g/mol. The highest BCUT2D eigenvalue weighted by Crippen LogP contribution is 2.36. The fraction of sp³-hybridized carbons (Fsp3) is 0.235. The third kappa shape index (κ3) is 2.63. The maximum atomic E-state index is 12.9. The zero-order valence-electron chi connectivity index (χ0n) is 12.0. The van der Waals surface area contributed by atoms with Crippen LogP contribution in [0.25, 0.3) is 0 Å². The van der Waals surface area contributed by atoms with Crippen LogP contribution >= 0.6 is 0 Å². The van der Waals surface area contributed by atoms with Gasteiger partial charge in [0.25, 0.3) is 0 Å². The summed E-state index contributed by atoms with van der Waals surface area (Å²) in [6.07, 6.45) is 1.66. The quantitative estimate of drug-likeness (QED) is 0.875. The molecule has 0 aliphatic carbocycles. The van der Waals surface area contributed by atoms with Gasteiger partial charge in [0.2, 0.25) is 10.0 Å². The summed E-state index contributed by atoms with van der Waals surface area (Å²) in [5, 5.41) is 8.96. The van der Waals surface area contributed by atoms with Gasteiger partial charge in [-0.25, -0.2) is 8.42 Å². The number of nitrogens with zero attached hydrogens (tertiary/aromatic N) is 2. The Morgan fingerprint density at radius 1 is 1.09 bits per heavy atom. The van der Waals surface area contributed by atoms with Gasteiger partial charge in [-0.3, -0.25) is 0 Å². The minimum atomic E-state index is -3.59. The molecule has 1 saturated heterocycles. The summed E-state index contributed by atoms with van der Waals surface area (Å²) in [5.74, 6) is 0. The minimum Gasteiger partial charge on any atom is -0.207 e. The van der Waals surface area contributed by atoms with Crippen LogP contribution in [0.1, 0.15) is 30.0 Å². The van der Waals surface area contributed by atoms with Crippen molar-refractivity contribution in [3.63, 3.8) is 0 Å². The summed E-state index contributed by atoms with van der Waals surface area (Å²) >= 11 is 0. The Labute approximate surface area is 130 Å². The van der Waals surface area contributed by atoms with E-state index < -0.39 is 10.0 Å². The number of hydrogen-bond donors (Lipinski definition) is 0. The SMILES string of the molecule is N#Cc1cccc(S(=O)(=O)N2CCCC2c2ccccc2)c1. The van der Waals surface area contributed by atoms with Gasteiger partial charge in [-0.05, 0) is 36.6 Å². The molecule has 1 atom stereocenters. The Morgan fingerprint density at radius 3 is 2.59 bits per heavy atom. The van der Waals surface area contributed by atoms with Gasteiger partial charge in [-0.15, -0.1) is 0 Å². The Morgan fingerprint density at radius 2 is 1.86 bits per heavy atom. The summed E-state index contributed by atoms with van der Waals surface area (Å²) in [5.41, 5.74) is 1.37. The molecule has 1 aliphatic heterocycles. The van der Waals surface area contributed by atoms with E-state index in [9.17, 15) is 8.42 Å². The first kappa shape index (κ1) is 14.8. The molecule has 112 valence electrons. The fourth-order valence-corrected chi connectivity index (χ4v) is 4.63. The van der Waals surface area contributed by atoms with E-state index in [1.165, 1.54) is 6.07 Å². The smallest absolute Gasteiger partial charge is 0.207 e. The predicted octanol–water partition coefficient (Wildman–Crippen LogP) is 3.08. The van der Waals surface area contributed by atoms with Crippen LogP contribution in [0.4, 0.5) is 0 Å². The topological polar surface area (TPSA) is 61.2 Å². The van der Waals surface area contributed by atoms with E-state index in [1.54, 1.807) is 22.5 Å². The van der Waals surface area contributed by atoms with Crippen molar-refractivity contribution in [2.75, 3.05) is 6.54 Å². The van der Waals surface area contributed by atoms with Crippen molar-refractivity contribution in [3.05, 3.63) is 65.7 Å². The maximum absolute atomic E-state index is 12.9. The predicted molar refractivity (Wildman–Crippen MR) is 83.5 cm³/mol. The average molecular weight is 312 g/mol. The van der Waals surface area contributed by atoms with Crippen molar-refractivity contribution in [2.24, 2.45) is 0 Å². The molecule has 0 bridgehead atoms. The third-order valence-corrected chi connectivity index (χ3v) is 5.86. The second-order valence-electron chi connectivity index (χ2n) is 5.32. The molecule has 1 unspecified atom stereocenters. The van der Waals surface area contributed by atoms with Gasteiger partial charge in [0.1, 0.15) is 0 Å². The van der Waals surface area contributed by atoms with Crippen molar-refractivity contribution >= 4 is 10.0 Å². The molecule has 3 rings (SSSR count). The molecule has 0 radical (unpaired) electrons. The summed E-state index contributed by atoms with van der Waals surface area (Å²) in [4.78, 5) is 0.189.